The molecule has 0 aromatic carbocycles. The zero-order valence-corrected chi connectivity index (χ0v) is 4.71. The first-order valence-corrected chi connectivity index (χ1v) is 2.68. The van der Waals surface area contributed by atoms with Gasteiger partial charge in [-0.05, 0) is 0 Å². The van der Waals surface area contributed by atoms with Gasteiger partial charge >= 0.3 is 0 Å². The number of hydrogen-bond donors (Lipinski definition) is 0. The van der Waals surface area contributed by atoms with Crippen LogP contribution in [-0.4, -0.2) is 10.9 Å². The van der Waals surface area contributed by atoms with Crippen LogP contribution in [0.2, 0.25) is 0 Å². The van der Waals surface area contributed by atoms with E-state index in [0.29, 0.717) is 5.25 Å². The first kappa shape index (κ1) is 6.02. The van der Waals surface area contributed by atoms with Gasteiger partial charge in [0.25, 0.3) is 5.62 Å². The predicted molar refractivity (Wildman–Crippen MR) is 28.4 cm³/mol. The van der Waals surface area contributed by atoms with Crippen molar-refractivity contribution in [3.63, 3.8) is 0 Å². The Morgan fingerprint density at radius 3 is 2.17 bits per heavy atom. The Labute approximate surface area is 42.1 Å². The summed E-state index contributed by atoms with van der Waals surface area (Å²) in [6, 6.07) is 0. The Morgan fingerprint density at radius 1 is 1.67 bits per heavy atom. The van der Waals surface area contributed by atoms with Crippen LogP contribution < -0.4 is 0 Å². The molecular weight excluding hydrogens is 96.1 g/mol. The molecule has 0 aromatic heterocycles. The minimum atomic E-state index is 0.391. The van der Waals surface area contributed by atoms with E-state index in [1.807, 2.05) is 13.8 Å². The van der Waals surface area contributed by atoms with E-state index in [1.165, 1.54) is 11.8 Å². The molecule has 0 fully saturated rings. The van der Waals surface area contributed by atoms with Crippen LogP contribution in [0.5, 0.6) is 0 Å². The fraction of sp³-hybridized carbons (Fsp3) is 0.750. The summed E-state index contributed by atoms with van der Waals surface area (Å²) in [5, 5.41) is 0.391. The number of thioether (sulfide) groups is 1. The molecule has 0 rings (SSSR count). The third kappa shape index (κ3) is 4.02. The van der Waals surface area contributed by atoms with Gasteiger partial charge in [0, 0.05) is 5.25 Å². The van der Waals surface area contributed by atoms with Crippen LogP contribution in [-0.2, 0) is 4.79 Å². The van der Waals surface area contributed by atoms with Crippen molar-refractivity contribution in [3.8, 4) is 0 Å². The molecule has 0 heterocycles. The molecule has 0 bridgehead atoms. The molecule has 0 spiro atoms. The fourth-order valence-corrected chi connectivity index (χ4v) is 0.289. The van der Waals surface area contributed by atoms with Gasteiger partial charge in [0.1, 0.15) is 0 Å². The van der Waals surface area contributed by atoms with E-state index in [0.717, 1.165) is 0 Å². The molecule has 0 aliphatic carbocycles. The van der Waals surface area contributed by atoms with Gasteiger partial charge in [-0.15, -0.1) is 0 Å². The Kier molecular flexibility index (Phi) is 3.23. The van der Waals surface area contributed by atoms with Crippen molar-refractivity contribution in [1.82, 2.24) is 0 Å². The fourth-order valence-electron chi connectivity index (χ4n) is 0.0962. The van der Waals surface area contributed by atoms with Gasteiger partial charge < -0.3 is 0 Å². The van der Waals surface area contributed by atoms with Crippen LogP contribution in [0, 0.1) is 0 Å². The maximum absolute atomic E-state index is 9.45. The van der Waals surface area contributed by atoms with E-state index < -0.39 is 0 Å². The molecule has 0 atom stereocenters. The van der Waals surface area contributed by atoms with Gasteiger partial charge in [0.05, 0.1) is 0 Å². The van der Waals surface area contributed by atoms with E-state index in [9.17, 15) is 4.79 Å². The Morgan fingerprint density at radius 2 is 2.17 bits per heavy atom. The lowest BCUT2D eigenvalue weighted by Gasteiger charge is -1.88. The van der Waals surface area contributed by atoms with Crippen molar-refractivity contribution in [1.29, 1.82) is 0 Å². The SMILES string of the molecule is CC(C)S[C]=O. The van der Waals surface area contributed by atoms with Crippen molar-refractivity contribution in [3.05, 3.63) is 0 Å². The average molecular weight is 103 g/mol. The average Bonchev–Trinajstić information content (AvgIpc) is 1.35. The summed E-state index contributed by atoms with van der Waals surface area (Å²) in [5.41, 5.74) is 1.73. The van der Waals surface area contributed by atoms with Crippen LogP contribution >= 0.6 is 11.8 Å². The molecule has 6 heavy (non-hydrogen) atoms. The van der Waals surface area contributed by atoms with Gasteiger partial charge in [0.2, 0.25) is 0 Å². The highest BCUT2D eigenvalue weighted by atomic mass is 32.2. The van der Waals surface area contributed by atoms with Gasteiger partial charge in [-0.2, -0.15) is 0 Å². The largest absolute Gasteiger partial charge is 0.277 e. The second kappa shape index (κ2) is 3.22. The summed E-state index contributed by atoms with van der Waals surface area (Å²) in [6.07, 6.45) is 0. The van der Waals surface area contributed by atoms with Crippen LogP contribution in [0.1, 0.15) is 13.8 Å². The molecule has 2 heteroatoms. The van der Waals surface area contributed by atoms with E-state index in [2.05, 4.69) is 0 Å². The molecule has 0 aromatic rings. The molecule has 1 nitrogen and oxygen atoms in total. The molecule has 0 saturated heterocycles. The summed E-state index contributed by atoms with van der Waals surface area (Å²) in [5.74, 6) is 0. The van der Waals surface area contributed by atoms with E-state index in [-0.39, 0.29) is 0 Å². The third-order valence-corrected chi connectivity index (χ3v) is 0.851. The zero-order valence-electron chi connectivity index (χ0n) is 3.89. The normalized spacial score (nSPS) is 9.17. The van der Waals surface area contributed by atoms with Gasteiger partial charge in [0.15, 0.2) is 0 Å². The van der Waals surface area contributed by atoms with Crippen LogP contribution in [0.3, 0.4) is 0 Å². The molecule has 0 aliphatic rings. The summed E-state index contributed by atoms with van der Waals surface area (Å²) >= 11 is 1.18. The van der Waals surface area contributed by atoms with Crippen LogP contribution in [0.15, 0.2) is 0 Å². The molecule has 0 unspecified atom stereocenters. The minimum absolute atomic E-state index is 0.391. The van der Waals surface area contributed by atoms with E-state index in [4.69, 9.17) is 0 Å². The first-order chi connectivity index (χ1) is 2.77. The maximum atomic E-state index is 9.45. The van der Waals surface area contributed by atoms with Crippen molar-refractivity contribution >= 4 is 17.4 Å². The standard InChI is InChI=1S/C4H7OS/c1-4(2)6-3-5/h4H,1-2H3. The van der Waals surface area contributed by atoms with Crippen molar-refractivity contribution in [2.75, 3.05) is 0 Å². The smallest absolute Gasteiger partial charge is 0.266 e. The highest BCUT2D eigenvalue weighted by molar-refractivity contribution is 8.12. The summed E-state index contributed by atoms with van der Waals surface area (Å²) in [4.78, 5) is 9.45. The lowest BCUT2D eigenvalue weighted by Crippen LogP contribution is -1.82. The number of carbonyl (C=O) groups excluding carboxylic acids is 1. The van der Waals surface area contributed by atoms with Crippen molar-refractivity contribution in [2.45, 2.75) is 19.1 Å². The molecule has 35 valence electrons. The van der Waals surface area contributed by atoms with Gasteiger partial charge in [-0.3, -0.25) is 4.79 Å². The second-order valence-electron chi connectivity index (χ2n) is 1.25. The van der Waals surface area contributed by atoms with Crippen molar-refractivity contribution in [2.24, 2.45) is 0 Å². The highest BCUT2D eigenvalue weighted by Gasteiger charge is 1.87. The van der Waals surface area contributed by atoms with Crippen LogP contribution in [0.4, 0.5) is 0 Å². The summed E-state index contributed by atoms with van der Waals surface area (Å²) in [7, 11) is 0. The summed E-state index contributed by atoms with van der Waals surface area (Å²) in [6.45, 7) is 3.91. The predicted octanol–water partition coefficient (Wildman–Crippen LogP) is 1.20. The first-order valence-electron chi connectivity index (χ1n) is 1.80. The monoisotopic (exact) mass is 103 g/mol. The molecule has 0 aliphatic heterocycles. The molecule has 0 saturated carbocycles. The molecule has 0 N–H and O–H groups in total. The molecular formula is C4H7OS. The molecule has 1 radical (unpaired) electrons. The Bertz CT molecular complexity index is 42.8. The lowest BCUT2D eigenvalue weighted by molar-refractivity contribution is 0.570. The quantitative estimate of drug-likeness (QED) is 0.522. The van der Waals surface area contributed by atoms with Crippen molar-refractivity contribution < 1.29 is 4.79 Å². The number of rotatable bonds is 2. The highest BCUT2D eigenvalue weighted by Crippen LogP contribution is 2.01. The topological polar surface area (TPSA) is 17.1 Å². The maximum Gasteiger partial charge on any atom is 0.266 e. The Balaban J connectivity index is 2.81. The third-order valence-electron chi connectivity index (χ3n) is 0.284. The Hall–Kier alpha value is 0.0200. The molecule has 0 amide bonds. The second-order valence-corrected chi connectivity index (χ2v) is 2.60. The van der Waals surface area contributed by atoms with Gasteiger partial charge in [-0.1, -0.05) is 25.6 Å². The van der Waals surface area contributed by atoms with Gasteiger partial charge in [-0.25, -0.2) is 0 Å². The van der Waals surface area contributed by atoms with Crippen LogP contribution in [0.25, 0.3) is 0 Å². The minimum Gasteiger partial charge on any atom is -0.277 e. The summed E-state index contributed by atoms with van der Waals surface area (Å²) < 4.78 is 0. The zero-order chi connectivity index (χ0) is 4.99. The number of hydrogen-bond acceptors (Lipinski definition) is 2. The lowest BCUT2D eigenvalue weighted by atomic mass is 10.6. The van der Waals surface area contributed by atoms with E-state index in [1.54, 1.807) is 5.62 Å². The van der Waals surface area contributed by atoms with E-state index >= 15 is 0 Å².